The Kier molecular flexibility index (Phi) is 7.63. The van der Waals surface area contributed by atoms with E-state index in [1.165, 1.54) is 0 Å². The third-order valence-electron chi connectivity index (χ3n) is 3.40. The Labute approximate surface area is 152 Å². The number of nitrogens with one attached hydrogen (secondary N) is 2. The van der Waals surface area contributed by atoms with E-state index in [1.54, 1.807) is 27.2 Å². The highest BCUT2D eigenvalue weighted by molar-refractivity contribution is 5.92. The Morgan fingerprint density at radius 2 is 1.77 bits per heavy atom. The van der Waals surface area contributed by atoms with Crippen LogP contribution in [0.4, 0.5) is 5.82 Å². The van der Waals surface area contributed by atoms with Gasteiger partial charge in [0.2, 0.25) is 0 Å². The lowest BCUT2D eigenvalue weighted by atomic mass is 10.3. The molecule has 1 amide bonds. The first-order valence-corrected chi connectivity index (χ1v) is 8.26. The zero-order valence-corrected chi connectivity index (χ0v) is 15.2. The summed E-state index contributed by atoms with van der Waals surface area (Å²) in [6, 6.07) is 8.87. The maximum atomic E-state index is 12.2. The van der Waals surface area contributed by atoms with Gasteiger partial charge in [0.15, 0.2) is 0 Å². The van der Waals surface area contributed by atoms with Crippen LogP contribution in [-0.4, -0.2) is 56.4 Å². The largest absolute Gasteiger partial charge is 0.497 e. The minimum absolute atomic E-state index is 0.274. The third kappa shape index (κ3) is 6.21. The highest BCUT2D eigenvalue weighted by atomic mass is 16.5. The number of carbonyl (C=O) groups is 1. The maximum absolute atomic E-state index is 12.2. The molecule has 0 spiro atoms. The number of rotatable bonds is 10. The van der Waals surface area contributed by atoms with Crippen LogP contribution in [0.3, 0.4) is 0 Å². The topological polar surface area (TPSA) is 94.6 Å². The molecule has 2 N–H and O–H groups in total. The van der Waals surface area contributed by atoms with Crippen molar-refractivity contribution in [3.63, 3.8) is 0 Å². The molecule has 0 saturated heterocycles. The zero-order chi connectivity index (χ0) is 18.8. The normalized spacial score (nSPS) is 10.3. The number of methoxy groups -OCH3 is 2. The smallest absolute Gasteiger partial charge is 0.270 e. The fourth-order valence-corrected chi connectivity index (χ4v) is 2.15. The van der Waals surface area contributed by atoms with Crippen LogP contribution in [0.5, 0.6) is 11.5 Å². The lowest BCUT2D eigenvalue weighted by Crippen LogP contribution is -2.29. The summed E-state index contributed by atoms with van der Waals surface area (Å²) in [6.07, 6.45) is 0. The molecule has 0 bridgehead atoms. The number of aromatic nitrogens is 2. The summed E-state index contributed by atoms with van der Waals surface area (Å²) in [5, 5.41) is 5.87. The van der Waals surface area contributed by atoms with Crippen molar-refractivity contribution in [1.29, 1.82) is 0 Å². The fraction of sp³-hybridized carbons (Fsp3) is 0.389. The molecule has 1 aromatic heterocycles. The van der Waals surface area contributed by atoms with E-state index in [-0.39, 0.29) is 5.91 Å². The highest BCUT2D eigenvalue weighted by Gasteiger charge is 2.10. The molecule has 2 aromatic rings. The lowest BCUT2D eigenvalue weighted by molar-refractivity contribution is 0.0941. The van der Waals surface area contributed by atoms with E-state index in [1.807, 2.05) is 24.3 Å². The standard InChI is InChI=1S/C18H24N4O4/c1-13-21-16(12-17(22-13)19-8-10-24-2)18(23)20-9-11-26-15-6-4-14(25-3)5-7-15/h4-7,12H,8-11H2,1-3H3,(H,20,23)(H,19,21,22). The van der Waals surface area contributed by atoms with Crippen LogP contribution in [0, 0.1) is 6.92 Å². The summed E-state index contributed by atoms with van der Waals surface area (Å²) in [5.74, 6) is 2.31. The summed E-state index contributed by atoms with van der Waals surface area (Å²) in [5.41, 5.74) is 0.307. The molecule has 0 atom stereocenters. The summed E-state index contributed by atoms with van der Waals surface area (Å²) in [6.45, 7) is 3.60. The molecule has 0 aliphatic carbocycles. The van der Waals surface area contributed by atoms with E-state index in [4.69, 9.17) is 14.2 Å². The van der Waals surface area contributed by atoms with Gasteiger partial charge >= 0.3 is 0 Å². The number of ether oxygens (including phenoxy) is 3. The zero-order valence-electron chi connectivity index (χ0n) is 15.2. The van der Waals surface area contributed by atoms with Crippen molar-refractivity contribution < 1.29 is 19.0 Å². The van der Waals surface area contributed by atoms with E-state index < -0.39 is 0 Å². The molecule has 8 heteroatoms. The Morgan fingerprint density at radius 1 is 1.04 bits per heavy atom. The SMILES string of the molecule is COCCNc1cc(C(=O)NCCOc2ccc(OC)cc2)nc(C)n1. The molecule has 0 aliphatic heterocycles. The average molecular weight is 360 g/mol. The minimum Gasteiger partial charge on any atom is -0.497 e. The molecule has 0 saturated carbocycles. The minimum atomic E-state index is -0.274. The van der Waals surface area contributed by atoms with Gasteiger partial charge in [0.1, 0.15) is 35.4 Å². The molecule has 0 unspecified atom stereocenters. The Balaban J connectivity index is 1.81. The van der Waals surface area contributed by atoms with E-state index in [9.17, 15) is 4.79 Å². The average Bonchev–Trinajstić information content (AvgIpc) is 2.65. The molecule has 140 valence electrons. The van der Waals surface area contributed by atoms with Crippen LogP contribution < -0.4 is 20.1 Å². The highest BCUT2D eigenvalue weighted by Crippen LogP contribution is 2.16. The van der Waals surface area contributed by atoms with Crippen LogP contribution in [-0.2, 0) is 4.74 Å². The predicted octanol–water partition coefficient (Wildman–Crippen LogP) is 1.66. The second kappa shape index (κ2) is 10.2. The predicted molar refractivity (Wildman–Crippen MR) is 98.0 cm³/mol. The number of amides is 1. The van der Waals surface area contributed by atoms with Gasteiger partial charge < -0.3 is 24.8 Å². The number of aryl methyl sites for hydroxylation is 1. The van der Waals surface area contributed by atoms with Gasteiger partial charge in [-0.1, -0.05) is 0 Å². The molecule has 1 heterocycles. The van der Waals surface area contributed by atoms with Crippen LogP contribution in [0.1, 0.15) is 16.3 Å². The first-order valence-electron chi connectivity index (χ1n) is 8.26. The number of hydrogen-bond acceptors (Lipinski definition) is 7. The van der Waals surface area contributed by atoms with E-state index >= 15 is 0 Å². The van der Waals surface area contributed by atoms with Crippen LogP contribution in [0.2, 0.25) is 0 Å². The monoisotopic (exact) mass is 360 g/mol. The van der Waals surface area contributed by atoms with Gasteiger partial charge in [-0.05, 0) is 31.2 Å². The van der Waals surface area contributed by atoms with Crippen molar-refractivity contribution in [2.24, 2.45) is 0 Å². The number of benzene rings is 1. The van der Waals surface area contributed by atoms with Crippen molar-refractivity contribution in [2.45, 2.75) is 6.92 Å². The fourth-order valence-electron chi connectivity index (χ4n) is 2.15. The Bertz CT molecular complexity index is 707. The summed E-state index contributed by atoms with van der Waals surface area (Å²) < 4.78 is 15.6. The summed E-state index contributed by atoms with van der Waals surface area (Å²) in [7, 11) is 3.23. The Morgan fingerprint density at radius 3 is 2.46 bits per heavy atom. The molecule has 8 nitrogen and oxygen atoms in total. The summed E-state index contributed by atoms with van der Waals surface area (Å²) >= 11 is 0. The number of nitrogens with zero attached hydrogens (tertiary/aromatic N) is 2. The second-order valence-electron chi connectivity index (χ2n) is 5.39. The van der Waals surface area contributed by atoms with Gasteiger partial charge in [-0.2, -0.15) is 0 Å². The number of anilines is 1. The molecule has 1 aromatic carbocycles. The number of hydrogen-bond donors (Lipinski definition) is 2. The van der Waals surface area contributed by atoms with Crippen LogP contribution >= 0.6 is 0 Å². The van der Waals surface area contributed by atoms with Crippen LogP contribution in [0.15, 0.2) is 30.3 Å². The quantitative estimate of drug-likeness (QED) is 0.622. The van der Waals surface area contributed by atoms with Gasteiger partial charge in [0, 0.05) is 19.7 Å². The first kappa shape index (κ1) is 19.5. The third-order valence-corrected chi connectivity index (χ3v) is 3.40. The molecule has 0 fully saturated rings. The van der Waals surface area contributed by atoms with Gasteiger partial charge in [-0.3, -0.25) is 4.79 Å². The summed E-state index contributed by atoms with van der Waals surface area (Å²) in [4.78, 5) is 20.7. The van der Waals surface area contributed by atoms with Crippen molar-refractivity contribution in [3.8, 4) is 11.5 Å². The first-order chi connectivity index (χ1) is 12.6. The van der Waals surface area contributed by atoms with Gasteiger partial charge in [-0.15, -0.1) is 0 Å². The Hall–Kier alpha value is -2.87. The van der Waals surface area contributed by atoms with Crippen molar-refractivity contribution >= 4 is 11.7 Å². The van der Waals surface area contributed by atoms with Gasteiger partial charge in [0.05, 0.1) is 20.3 Å². The van der Waals surface area contributed by atoms with E-state index in [2.05, 4.69) is 20.6 Å². The van der Waals surface area contributed by atoms with Crippen molar-refractivity contribution in [2.75, 3.05) is 45.8 Å². The van der Waals surface area contributed by atoms with E-state index in [0.717, 1.165) is 5.75 Å². The lowest BCUT2D eigenvalue weighted by Gasteiger charge is -2.10. The second-order valence-corrected chi connectivity index (χ2v) is 5.39. The van der Waals surface area contributed by atoms with Crippen molar-refractivity contribution in [1.82, 2.24) is 15.3 Å². The molecule has 26 heavy (non-hydrogen) atoms. The van der Waals surface area contributed by atoms with E-state index in [0.29, 0.717) is 49.4 Å². The molecule has 0 radical (unpaired) electrons. The molecular weight excluding hydrogens is 336 g/mol. The maximum Gasteiger partial charge on any atom is 0.270 e. The van der Waals surface area contributed by atoms with Gasteiger partial charge in [0.25, 0.3) is 5.91 Å². The van der Waals surface area contributed by atoms with Gasteiger partial charge in [-0.25, -0.2) is 9.97 Å². The molecular formula is C18H24N4O4. The van der Waals surface area contributed by atoms with Crippen LogP contribution in [0.25, 0.3) is 0 Å². The van der Waals surface area contributed by atoms with Crippen molar-refractivity contribution in [3.05, 3.63) is 41.9 Å². The number of carbonyl (C=O) groups excluding carboxylic acids is 1. The molecule has 0 aliphatic rings. The molecule has 2 rings (SSSR count).